The van der Waals surface area contributed by atoms with Crippen molar-refractivity contribution in [3.63, 3.8) is 0 Å². The van der Waals surface area contributed by atoms with Crippen LogP contribution in [0, 0.1) is 26.2 Å². The number of benzene rings is 2. The maximum absolute atomic E-state index is 13.4. The second-order valence-corrected chi connectivity index (χ2v) is 9.37. The molecule has 2 aromatic carbocycles. The first-order chi connectivity index (χ1) is 16.8. The molecule has 4 rings (SSSR count). The quantitative estimate of drug-likeness (QED) is 0.218. The molecule has 35 heavy (non-hydrogen) atoms. The summed E-state index contributed by atoms with van der Waals surface area (Å²) in [5.74, 6) is 3.93. The number of terminal acetylenes is 1. The summed E-state index contributed by atoms with van der Waals surface area (Å²) in [6, 6.07) is 15.4. The third kappa shape index (κ3) is 4.94. The van der Waals surface area contributed by atoms with Gasteiger partial charge in [-0.2, -0.15) is 9.78 Å². The molecule has 0 amide bonds. The Morgan fingerprint density at radius 1 is 1.20 bits per heavy atom. The molecule has 0 fully saturated rings. The Morgan fingerprint density at radius 2 is 1.94 bits per heavy atom. The summed E-state index contributed by atoms with van der Waals surface area (Å²) in [7, 11) is 0. The predicted octanol–water partition coefficient (Wildman–Crippen LogP) is 5.97. The van der Waals surface area contributed by atoms with E-state index in [-0.39, 0.29) is 18.1 Å². The molecule has 0 aliphatic carbocycles. The summed E-state index contributed by atoms with van der Waals surface area (Å²) < 4.78 is 9.89. The highest BCUT2D eigenvalue weighted by atomic mass is 79.9. The Bertz CT molecular complexity index is 1510. The third-order valence-electron chi connectivity index (χ3n) is 6.09. The maximum atomic E-state index is 13.4. The fourth-order valence-electron chi connectivity index (χ4n) is 4.03. The minimum atomic E-state index is -0.181. The van der Waals surface area contributed by atoms with Crippen molar-refractivity contribution < 1.29 is 4.74 Å². The third-order valence-corrected chi connectivity index (χ3v) is 6.58. The average molecular weight is 531 g/mol. The molecule has 178 valence electrons. The van der Waals surface area contributed by atoms with Crippen LogP contribution in [0.2, 0.25) is 0 Å². The Kier molecular flexibility index (Phi) is 7.23. The van der Waals surface area contributed by atoms with Crippen molar-refractivity contribution in [2.75, 3.05) is 6.61 Å². The van der Waals surface area contributed by atoms with Crippen molar-refractivity contribution in [3.8, 4) is 23.8 Å². The number of hydrogen-bond acceptors (Lipinski definition) is 4. The monoisotopic (exact) mass is 530 g/mol. The second kappa shape index (κ2) is 10.3. The van der Waals surface area contributed by atoms with Gasteiger partial charge in [-0.25, -0.2) is 4.98 Å². The van der Waals surface area contributed by atoms with Crippen LogP contribution >= 0.6 is 15.9 Å². The maximum Gasteiger partial charge on any atom is 0.282 e. The molecular formula is C28H27BrN4O2. The molecule has 1 atom stereocenters. The van der Waals surface area contributed by atoms with Gasteiger partial charge in [-0.1, -0.05) is 35.7 Å². The van der Waals surface area contributed by atoms with Crippen molar-refractivity contribution in [1.82, 2.24) is 14.2 Å². The lowest BCUT2D eigenvalue weighted by atomic mass is 10.1. The Morgan fingerprint density at radius 3 is 2.63 bits per heavy atom. The first-order valence-electron chi connectivity index (χ1n) is 11.5. The zero-order valence-corrected chi connectivity index (χ0v) is 21.8. The molecule has 0 bridgehead atoms. The van der Waals surface area contributed by atoms with E-state index in [2.05, 4.69) is 51.4 Å². The summed E-state index contributed by atoms with van der Waals surface area (Å²) in [6.07, 6.45) is 7.85. The van der Waals surface area contributed by atoms with Crippen LogP contribution in [0.1, 0.15) is 49.0 Å². The summed E-state index contributed by atoms with van der Waals surface area (Å²) in [6.45, 7) is 8.44. The number of ether oxygens (including phenoxy) is 1. The van der Waals surface area contributed by atoms with Crippen LogP contribution in [0.5, 0.6) is 5.75 Å². The average Bonchev–Trinajstić information content (AvgIpc) is 3.14. The van der Waals surface area contributed by atoms with E-state index in [0.717, 1.165) is 39.3 Å². The molecule has 0 unspecified atom stereocenters. The van der Waals surface area contributed by atoms with Gasteiger partial charge in [0.15, 0.2) is 0 Å². The molecule has 0 radical (unpaired) electrons. The first-order valence-corrected chi connectivity index (χ1v) is 12.3. The van der Waals surface area contributed by atoms with E-state index in [4.69, 9.17) is 16.1 Å². The van der Waals surface area contributed by atoms with Gasteiger partial charge < -0.3 is 9.30 Å². The highest BCUT2D eigenvalue weighted by Crippen LogP contribution is 2.23. The van der Waals surface area contributed by atoms with Crippen LogP contribution < -0.4 is 10.3 Å². The van der Waals surface area contributed by atoms with Gasteiger partial charge in [0.25, 0.3) is 5.56 Å². The van der Waals surface area contributed by atoms with Crippen molar-refractivity contribution >= 4 is 33.0 Å². The van der Waals surface area contributed by atoms with E-state index in [1.807, 2.05) is 50.2 Å². The van der Waals surface area contributed by atoms with Crippen molar-refractivity contribution in [1.29, 1.82) is 0 Å². The van der Waals surface area contributed by atoms with Crippen molar-refractivity contribution in [3.05, 3.63) is 86.1 Å². The minimum absolute atomic E-state index is 0.0792. The normalized spacial score (nSPS) is 12.2. The lowest BCUT2D eigenvalue weighted by Crippen LogP contribution is -2.23. The molecule has 0 saturated carbocycles. The Balaban J connectivity index is 1.75. The molecule has 0 aliphatic heterocycles. The number of nitrogens with zero attached hydrogens (tertiary/aromatic N) is 4. The van der Waals surface area contributed by atoms with Gasteiger partial charge in [0.05, 0.1) is 17.1 Å². The van der Waals surface area contributed by atoms with Gasteiger partial charge in [0.2, 0.25) is 0 Å². The lowest BCUT2D eigenvalue weighted by molar-refractivity contribution is 0.370. The van der Waals surface area contributed by atoms with Crippen molar-refractivity contribution in [2.24, 2.45) is 5.10 Å². The SMILES string of the molecule is C#CCOc1ccc(-n2c(C)cc(C=Nn3c([C@H](C)CC)nc4ccc(Br)cc4c3=O)c2C)cc1. The Labute approximate surface area is 213 Å². The van der Waals surface area contributed by atoms with Gasteiger partial charge in [-0.05, 0) is 68.8 Å². The summed E-state index contributed by atoms with van der Waals surface area (Å²) in [4.78, 5) is 18.2. The molecule has 4 aromatic rings. The predicted molar refractivity (Wildman–Crippen MR) is 145 cm³/mol. The van der Waals surface area contributed by atoms with Gasteiger partial charge in [0.1, 0.15) is 18.2 Å². The van der Waals surface area contributed by atoms with E-state index < -0.39 is 0 Å². The van der Waals surface area contributed by atoms with Crippen LogP contribution in [0.3, 0.4) is 0 Å². The fourth-order valence-corrected chi connectivity index (χ4v) is 4.39. The highest BCUT2D eigenvalue weighted by molar-refractivity contribution is 9.10. The molecule has 0 aliphatic rings. The number of aromatic nitrogens is 3. The van der Waals surface area contributed by atoms with Gasteiger partial charge in [-0.15, -0.1) is 6.42 Å². The van der Waals surface area contributed by atoms with Crippen LogP contribution in [-0.4, -0.2) is 27.0 Å². The summed E-state index contributed by atoms with van der Waals surface area (Å²) in [5.41, 5.74) is 4.48. The van der Waals surface area contributed by atoms with E-state index in [1.165, 1.54) is 4.68 Å². The topological polar surface area (TPSA) is 61.4 Å². The molecule has 7 heteroatoms. The first kappa shape index (κ1) is 24.5. The van der Waals surface area contributed by atoms with Crippen LogP contribution in [0.4, 0.5) is 0 Å². The van der Waals surface area contributed by atoms with Gasteiger partial charge >= 0.3 is 0 Å². The zero-order chi connectivity index (χ0) is 25.1. The van der Waals surface area contributed by atoms with E-state index in [0.29, 0.717) is 16.7 Å². The molecule has 2 aromatic heterocycles. The van der Waals surface area contributed by atoms with Crippen LogP contribution in [-0.2, 0) is 0 Å². The van der Waals surface area contributed by atoms with Crippen LogP contribution in [0.15, 0.2) is 62.9 Å². The molecule has 6 nitrogen and oxygen atoms in total. The van der Waals surface area contributed by atoms with E-state index in [1.54, 1.807) is 12.3 Å². The number of rotatable bonds is 7. The molecule has 0 saturated heterocycles. The van der Waals surface area contributed by atoms with Crippen LogP contribution in [0.25, 0.3) is 16.6 Å². The Hall–Kier alpha value is -3.63. The molecular weight excluding hydrogens is 504 g/mol. The van der Waals surface area contributed by atoms with Gasteiger partial charge in [0, 0.05) is 33.0 Å². The minimum Gasteiger partial charge on any atom is -0.481 e. The largest absolute Gasteiger partial charge is 0.481 e. The standard InChI is InChI=1S/C28H27BrN4O2/c1-6-14-35-24-11-9-23(10-12-24)32-19(4)15-21(20(32)5)17-30-33-27(18(3)7-2)31-26-13-8-22(29)16-25(26)28(33)34/h1,8-13,15-18H,7,14H2,2-5H3/t18-/m1/s1. The number of fused-ring (bicyclic) bond motifs is 1. The van der Waals surface area contributed by atoms with E-state index in [9.17, 15) is 4.79 Å². The second-order valence-electron chi connectivity index (χ2n) is 8.45. The van der Waals surface area contributed by atoms with E-state index >= 15 is 0 Å². The van der Waals surface area contributed by atoms with Crippen molar-refractivity contribution in [2.45, 2.75) is 40.0 Å². The summed E-state index contributed by atoms with van der Waals surface area (Å²) in [5, 5.41) is 5.16. The zero-order valence-electron chi connectivity index (χ0n) is 20.2. The highest BCUT2D eigenvalue weighted by Gasteiger charge is 2.16. The molecule has 0 spiro atoms. The molecule has 2 heterocycles. The number of aryl methyl sites for hydroxylation is 1. The summed E-state index contributed by atoms with van der Waals surface area (Å²) >= 11 is 3.45. The van der Waals surface area contributed by atoms with Gasteiger partial charge in [-0.3, -0.25) is 4.79 Å². The fraction of sp³-hybridized carbons (Fsp3) is 0.250. The molecule has 0 N–H and O–H groups in total. The number of halogens is 1. The lowest BCUT2D eigenvalue weighted by Gasteiger charge is -2.14. The number of hydrogen-bond donors (Lipinski definition) is 0. The smallest absolute Gasteiger partial charge is 0.282 e.